The Hall–Kier alpha value is -2.59. The topological polar surface area (TPSA) is 81.1 Å². The third-order valence-corrected chi connectivity index (χ3v) is 5.84. The molecule has 1 saturated carbocycles. The summed E-state index contributed by atoms with van der Waals surface area (Å²) >= 11 is 0. The molecule has 3 rings (SSSR count). The smallest absolute Gasteiger partial charge is 0.266 e. The van der Waals surface area contributed by atoms with E-state index in [2.05, 4.69) is 11.0 Å². The van der Waals surface area contributed by atoms with Crippen molar-refractivity contribution in [2.45, 2.75) is 24.5 Å². The van der Waals surface area contributed by atoms with Gasteiger partial charge in [-0.25, -0.2) is 17.8 Å². The fraction of sp³-hybridized carbons (Fsp3) is 0.250. The Kier molecular flexibility index (Phi) is 3.49. The van der Waals surface area contributed by atoms with Crippen molar-refractivity contribution < 1.29 is 13.2 Å². The maximum atomic E-state index is 12.2. The number of terminal acetylenes is 1. The highest BCUT2D eigenvalue weighted by molar-refractivity contribution is 7.92. The van der Waals surface area contributed by atoms with Crippen LogP contribution in [-0.4, -0.2) is 28.9 Å². The number of para-hydroxylation sites is 1. The van der Waals surface area contributed by atoms with Crippen LogP contribution in [0.25, 0.3) is 5.69 Å². The molecule has 1 N–H and O–H groups in total. The van der Waals surface area contributed by atoms with Crippen molar-refractivity contribution in [2.75, 3.05) is 0 Å². The molecule has 1 aliphatic carbocycles. The number of hydrogen-bond acceptors (Lipinski definition) is 4. The van der Waals surface area contributed by atoms with E-state index in [4.69, 9.17) is 6.42 Å². The van der Waals surface area contributed by atoms with Crippen molar-refractivity contribution in [3.8, 4) is 18.0 Å². The predicted octanol–water partition coefficient (Wildman–Crippen LogP) is 1.41. The van der Waals surface area contributed by atoms with Crippen molar-refractivity contribution in [3.63, 3.8) is 0 Å². The predicted molar refractivity (Wildman–Crippen MR) is 85.5 cm³/mol. The van der Waals surface area contributed by atoms with Crippen molar-refractivity contribution in [2.24, 2.45) is 0 Å². The molecule has 0 atom stereocenters. The van der Waals surface area contributed by atoms with Crippen molar-refractivity contribution in [3.05, 3.63) is 47.8 Å². The van der Waals surface area contributed by atoms with Crippen molar-refractivity contribution >= 4 is 15.9 Å². The van der Waals surface area contributed by atoms with E-state index in [0.717, 1.165) is 11.4 Å². The lowest BCUT2D eigenvalue weighted by Crippen LogP contribution is -2.39. The summed E-state index contributed by atoms with van der Waals surface area (Å²) < 4.78 is 26.7. The lowest BCUT2D eigenvalue weighted by molar-refractivity contribution is 0.0976. The Balaban J connectivity index is 1.86. The number of carbonyl (C=O) groups excluding carboxylic acids is 1. The highest BCUT2D eigenvalue weighted by atomic mass is 32.2. The summed E-state index contributed by atoms with van der Waals surface area (Å²) in [5.74, 6) is 1.49. The Labute approximate surface area is 134 Å². The molecule has 7 heteroatoms. The highest BCUT2D eigenvalue weighted by Gasteiger charge is 2.54. The van der Waals surface area contributed by atoms with Gasteiger partial charge in [0.15, 0.2) is 10.4 Å². The van der Waals surface area contributed by atoms with E-state index < -0.39 is 20.7 Å². The zero-order valence-electron chi connectivity index (χ0n) is 12.5. The highest BCUT2D eigenvalue weighted by Crippen LogP contribution is 2.42. The van der Waals surface area contributed by atoms with Crippen LogP contribution in [0.15, 0.2) is 36.4 Å². The molecular weight excluding hydrogens is 314 g/mol. The summed E-state index contributed by atoms with van der Waals surface area (Å²) in [6, 6.07) is 10.8. The molecule has 0 unspecified atom stereocenters. The van der Waals surface area contributed by atoms with E-state index >= 15 is 0 Å². The average Bonchev–Trinajstić information content (AvgIpc) is 3.25. The molecule has 0 aliphatic heterocycles. The summed E-state index contributed by atoms with van der Waals surface area (Å²) in [5.41, 5.74) is 1.54. The van der Waals surface area contributed by atoms with Crippen LogP contribution in [0.4, 0.5) is 0 Å². The first kappa shape index (κ1) is 15.3. The molecule has 0 saturated heterocycles. The first-order valence-corrected chi connectivity index (χ1v) is 8.53. The van der Waals surface area contributed by atoms with Crippen LogP contribution in [0.2, 0.25) is 0 Å². The second-order valence-electron chi connectivity index (χ2n) is 5.49. The van der Waals surface area contributed by atoms with Gasteiger partial charge in [0.1, 0.15) is 0 Å². The van der Waals surface area contributed by atoms with E-state index in [9.17, 15) is 13.2 Å². The molecule has 1 heterocycles. The van der Waals surface area contributed by atoms with Crippen LogP contribution < -0.4 is 4.72 Å². The second-order valence-corrected chi connectivity index (χ2v) is 7.48. The van der Waals surface area contributed by atoms with Gasteiger partial charge in [0, 0.05) is 5.69 Å². The number of rotatable bonds is 4. The first-order valence-electron chi connectivity index (χ1n) is 7.05. The number of aryl methyl sites for hydroxylation is 1. The molecule has 1 amide bonds. The van der Waals surface area contributed by atoms with Crippen LogP contribution in [0, 0.1) is 19.3 Å². The monoisotopic (exact) mass is 329 g/mol. The molecule has 1 aromatic heterocycles. The lowest BCUT2D eigenvalue weighted by Gasteiger charge is -2.10. The van der Waals surface area contributed by atoms with Gasteiger partial charge in [-0.2, -0.15) is 5.10 Å². The summed E-state index contributed by atoms with van der Waals surface area (Å²) in [6.45, 7) is 1.79. The average molecular weight is 329 g/mol. The maximum Gasteiger partial charge on any atom is 0.285 e. The summed E-state index contributed by atoms with van der Waals surface area (Å²) in [4.78, 5) is 12.2. The molecule has 118 valence electrons. The number of nitrogens with one attached hydrogen (secondary N) is 1. The minimum Gasteiger partial charge on any atom is -0.266 e. The number of amides is 1. The summed E-state index contributed by atoms with van der Waals surface area (Å²) in [7, 11) is -3.90. The van der Waals surface area contributed by atoms with Gasteiger partial charge in [0.2, 0.25) is 0 Å². The number of nitrogens with zero attached hydrogens (tertiary/aromatic N) is 2. The largest absolute Gasteiger partial charge is 0.285 e. The number of hydrogen-bond donors (Lipinski definition) is 1. The number of aromatic nitrogens is 2. The van der Waals surface area contributed by atoms with Gasteiger partial charge in [-0.05, 0) is 38.0 Å². The fourth-order valence-electron chi connectivity index (χ4n) is 2.29. The molecular formula is C16H15N3O3S. The fourth-order valence-corrected chi connectivity index (χ4v) is 3.63. The van der Waals surface area contributed by atoms with E-state index in [1.165, 1.54) is 6.07 Å². The second kappa shape index (κ2) is 5.25. The minimum atomic E-state index is -3.90. The Bertz CT molecular complexity index is 904. The van der Waals surface area contributed by atoms with Gasteiger partial charge in [0.25, 0.3) is 15.9 Å². The van der Waals surface area contributed by atoms with Crippen LogP contribution >= 0.6 is 0 Å². The standard InChI is InChI=1S/C16H15N3O3S/c1-3-16(9-10-16)23(21,22)18-15(20)14-11-12(2)19(17-14)13-7-5-4-6-8-13/h1,4-8,11H,9-10H2,2H3,(H,18,20). The van der Waals surface area contributed by atoms with Gasteiger partial charge >= 0.3 is 0 Å². The zero-order chi connectivity index (χ0) is 16.7. The van der Waals surface area contributed by atoms with Crippen LogP contribution in [0.5, 0.6) is 0 Å². The van der Waals surface area contributed by atoms with E-state index in [0.29, 0.717) is 12.8 Å². The van der Waals surface area contributed by atoms with Gasteiger partial charge < -0.3 is 0 Å². The van der Waals surface area contributed by atoms with Gasteiger partial charge in [-0.15, -0.1) is 6.42 Å². The van der Waals surface area contributed by atoms with Crippen molar-refractivity contribution in [1.82, 2.24) is 14.5 Å². The number of benzene rings is 1. The Morgan fingerprint density at radius 1 is 1.35 bits per heavy atom. The molecule has 23 heavy (non-hydrogen) atoms. The zero-order valence-corrected chi connectivity index (χ0v) is 13.3. The molecule has 0 bridgehead atoms. The van der Waals surface area contributed by atoms with E-state index in [-0.39, 0.29) is 5.69 Å². The third-order valence-electron chi connectivity index (χ3n) is 3.83. The first-order chi connectivity index (χ1) is 10.9. The normalized spacial score (nSPS) is 15.7. The Morgan fingerprint density at radius 2 is 2.00 bits per heavy atom. The molecule has 0 radical (unpaired) electrons. The van der Waals surface area contributed by atoms with Crippen molar-refractivity contribution in [1.29, 1.82) is 0 Å². The van der Waals surface area contributed by atoms with Crippen LogP contribution in [-0.2, 0) is 10.0 Å². The lowest BCUT2D eigenvalue weighted by atomic mass is 10.3. The summed E-state index contributed by atoms with van der Waals surface area (Å²) in [6.07, 6.45) is 6.00. The quantitative estimate of drug-likeness (QED) is 0.860. The summed E-state index contributed by atoms with van der Waals surface area (Å²) in [5, 5.41) is 4.18. The van der Waals surface area contributed by atoms with E-state index in [1.807, 2.05) is 35.1 Å². The number of sulfonamides is 1. The molecule has 2 aromatic rings. The van der Waals surface area contributed by atoms with Crippen LogP contribution in [0.1, 0.15) is 29.0 Å². The van der Waals surface area contributed by atoms with Gasteiger partial charge in [-0.3, -0.25) is 4.79 Å². The Morgan fingerprint density at radius 3 is 2.57 bits per heavy atom. The molecule has 6 nitrogen and oxygen atoms in total. The molecule has 1 aromatic carbocycles. The molecule has 1 fully saturated rings. The SMILES string of the molecule is C#CC1(S(=O)(=O)NC(=O)c2cc(C)n(-c3ccccc3)n2)CC1. The van der Waals surface area contributed by atoms with Crippen LogP contribution in [0.3, 0.4) is 0 Å². The molecule has 0 spiro atoms. The minimum absolute atomic E-state index is 0.0303. The maximum absolute atomic E-state index is 12.2. The number of carbonyl (C=O) groups is 1. The van der Waals surface area contributed by atoms with Gasteiger partial charge in [-0.1, -0.05) is 24.1 Å². The van der Waals surface area contributed by atoms with Gasteiger partial charge in [0.05, 0.1) is 5.69 Å². The van der Waals surface area contributed by atoms with E-state index in [1.54, 1.807) is 11.6 Å². The third kappa shape index (κ3) is 2.62. The molecule has 1 aliphatic rings.